The van der Waals surface area contributed by atoms with Crippen molar-refractivity contribution in [2.75, 3.05) is 4.90 Å². The second-order valence-corrected chi connectivity index (χ2v) is 18.6. The van der Waals surface area contributed by atoms with Gasteiger partial charge >= 0.3 is 0 Å². The zero-order chi connectivity index (χ0) is 40.3. The predicted octanol–water partition coefficient (Wildman–Crippen LogP) is 15.2. The van der Waals surface area contributed by atoms with Crippen LogP contribution in [0.2, 0.25) is 0 Å². The fourth-order valence-electron chi connectivity index (χ4n) is 10.3. The van der Waals surface area contributed by atoms with Gasteiger partial charge < -0.3 is 9.47 Å². The maximum absolute atomic E-state index is 2.50. The summed E-state index contributed by atoms with van der Waals surface area (Å²) in [6, 6.07) is 68.4. The van der Waals surface area contributed by atoms with Crippen LogP contribution in [-0.4, -0.2) is 4.57 Å². The van der Waals surface area contributed by atoms with Crippen LogP contribution in [-0.2, 0) is 16.2 Å². The highest BCUT2D eigenvalue weighted by Gasteiger charge is 2.51. The van der Waals surface area contributed by atoms with Crippen molar-refractivity contribution in [2.45, 2.75) is 57.8 Å². The van der Waals surface area contributed by atoms with Crippen molar-refractivity contribution in [3.05, 3.63) is 215 Å². The van der Waals surface area contributed by atoms with Crippen molar-refractivity contribution in [1.82, 2.24) is 4.57 Å². The van der Waals surface area contributed by atoms with Gasteiger partial charge in [-0.2, -0.15) is 0 Å². The number of hydrogen-bond acceptors (Lipinski definition) is 1. The molecule has 2 aliphatic rings. The summed E-state index contributed by atoms with van der Waals surface area (Å²) in [5.41, 5.74) is 19.9. The quantitative estimate of drug-likeness (QED) is 0.173. The second-order valence-electron chi connectivity index (χ2n) is 18.6. The molecule has 2 aliphatic carbocycles. The number of fused-ring (bicyclic) bond motifs is 13. The van der Waals surface area contributed by atoms with Gasteiger partial charge in [0.15, 0.2) is 0 Å². The molecule has 0 atom stereocenters. The van der Waals surface area contributed by atoms with Gasteiger partial charge in [-0.05, 0) is 121 Å². The smallest absolute Gasteiger partial charge is 0.0726 e. The summed E-state index contributed by atoms with van der Waals surface area (Å²) in [5.74, 6) is 0. The normalized spacial score (nSPS) is 13.7. The molecule has 0 N–H and O–H groups in total. The standard InChI is InChI=1S/C57H48N2/c1-55(2,3)37-33-38(56(4,5)6)35-41(34-37)59-51-28-17-13-24-46(51)54-52(29-18-30-53(54)59)58(39-19-8-7-9-20-39)40-31-32-45-44-23-12-16-27-49(44)57(50(45)36-40)47-25-14-10-21-42(47)43-22-11-15-26-48(43)57/h7-36H,1-6H3. The summed E-state index contributed by atoms with van der Waals surface area (Å²) < 4.78 is 2.50. The van der Waals surface area contributed by atoms with Crippen molar-refractivity contribution in [3.63, 3.8) is 0 Å². The maximum Gasteiger partial charge on any atom is 0.0726 e. The first-order valence-corrected chi connectivity index (χ1v) is 21.0. The molecule has 0 bridgehead atoms. The molecule has 11 rings (SSSR count). The van der Waals surface area contributed by atoms with Gasteiger partial charge in [0.2, 0.25) is 0 Å². The fourth-order valence-corrected chi connectivity index (χ4v) is 10.3. The summed E-state index contributed by atoms with van der Waals surface area (Å²) in [5, 5.41) is 2.47. The Hall–Kier alpha value is -6.64. The molecule has 1 spiro atoms. The number of rotatable bonds is 4. The van der Waals surface area contributed by atoms with E-state index >= 15 is 0 Å². The zero-order valence-corrected chi connectivity index (χ0v) is 34.7. The van der Waals surface area contributed by atoms with Gasteiger partial charge in [0.05, 0.1) is 22.1 Å². The Morgan fingerprint density at radius 2 is 0.915 bits per heavy atom. The van der Waals surface area contributed by atoms with Crippen molar-refractivity contribution < 1.29 is 0 Å². The lowest BCUT2D eigenvalue weighted by Gasteiger charge is -2.32. The number of hydrogen-bond donors (Lipinski definition) is 0. The van der Waals surface area contributed by atoms with Gasteiger partial charge in [0.1, 0.15) is 0 Å². The van der Waals surface area contributed by atoms with E-state index in [0.717, 1.165) is 17.1 Å². The molecule has 0 amide bonds. The van der Waals surface area contributed by atoms with Crippen LogP contribution < -0.4 is 4.90 Å². The molecule has 1 aromatic heterocycles. The van der Waals surface area contributed by atoms with Gasteiger partial charge in [-0.3, -0.25) is 0 Å². The average Bonchev–Trinajstić information content (AvgIpc) is 3.86. The number of para-hydroxylation sites is 2. The highest BCUT2D eigenvalue weighted by molar-refractivity contribution is 6.16. The van der Waals surface area contributed by atoms with Gasteiger partial charge in [-0.25, -0.2) is 0 Å². The number of anilines is 3. The minimum atomic E-state index is -0.428. The number of aromatic nitrogens is 1. The average molecular weight is 761 g/mol. The molecule has 0 radical (unpaired) electrons. The Labute approximate surface area is 348 Å². The lowest BCUT2D eigenvalue weighted by atomic mass is 9.70. The molecule has 0 unspecified atom stereocenters. The van der Waals surface area contributed by atoms with E-state index in [9.17, 15) is 0 Å². The summed E-state index contributed by atoms with van der Waals surface area (Å²) in [4.78, 5) is 2.50. The monoisotopic (exact) mass is 760 g/mol. The highest BCUT2D eigenvalue weighted by Crippen LogP contribution is 2.63. The molecule has 1 heterocycles. The molecule has 59 heavy (non-hydrogen) atoms. The fraction of sp³-hybridized carbons (Fsp3) is 0.158. The third-order valence-electron chi connectivity index (χ3n) is 13.1. The number of nitrogens with zero attached hydrogens (tertiary/aromatic N) is 2. The maximum atomic E-state index is 2.50. The first kappa shape index (κ1) is 35.5. The minimum absolute atomic E-state index is 0.00499. The van der Waals surface area contributed by atoms with Crippen LogP contribution in [0.5, 0.6) is 0 Å². The van der Waals surface area contributed by atoms with Crippen LogP contribution in [0, 0.1) is 0 Å². The summed E-state index contributed by atoms with van der Waals surface area (Å²) in [6.07, 6.45) is 0. The van der Waals surface area contributed by atoms with Crippen LogP contribution in [0.3, 0.4) is 0 Å². The molecule has 9 aromatic rings. The highest BCUT2D eigenvalue weighted by atomic mass is 15.1. The third kappa shape index (κ3) is 5.12. The van der Waals surface area contributed by atoms with E-state index in [1.54, 1.807) is 0 Å². The summed E-state index contributed by atoms with van der Waals surface area (Å²) >= 11 is 0. The number of benzene rings is 8. The molecular formula is C57H48N2. The van der Waals surface area contributed by atoms with Crippen LogP contribution in [0.25, 0.3) is 49.7 Å². The van der Waals surface area contributed by atoms with E-state index in [2.05, 4.69) is 233 Å². The topological polar surface area (TPSA) is 8.17 Å². The van der Waals surface area contributed by atoms with Crippen molar-refractivity contribution >= 4 is 38.9 Å². The molecule has 2 nitrogen and oxygen atoms in total. The molecule has 0 aliphatic heterocycles. The van der Waals surface area contributed by atoms with E-state index in [4.69, 9.17) is 0 Å². The Kier molecular flexibility index (Phi) is 7.63. The van der Waals surface area contributed by atoms with Gasteiger partial charge in [-0.15, -0.1) is 0 Å². The largest absolute Gasteiger partial charge is 0.310 e. The van der Waals surface area contributed by atoms with E-state index in [-0.39, 0.29) is 10.8 Å². The second kappa shape index (κ2) is 12.7. The van der Waals surface area contributed by atoms with E-state index in [1.807, 2.05) is 0 Å². The molecule has 0 fully saturated rings. The minimum Gasteiger partial charge on any atom is -0.310 e. The van der Waals surface area contributed by atoms with Crippen LogP contribution in [0.15, 0.2) is 182 Å². The Bertz CT molecular complexity index is 3030. The first-order chi connectivity index (χ1) is 28.5. The van der Waals surface area contributed by atoms with Crippen LogP contribution in [0.1, 0.15) is 74.9 Å². The molecule has 8 aromatic carbocycles. The first-order valence-electron chi connectivity index (χ1n) is 21.0. The van der Waals surface area contributed by atoms with Crippen molar-refractivity contribution in [3.8, 4) is 27.9 Å². The zero-order valence-electron chi connectivity index (χ0n) is 34.7. The molecule has 286 valence electrons. The van der Waals surface area contributed by atoms with Crippen molar-refractivity contribution in [1.29, 1.82) is 0 Å². The van der Waals surface area contributed by atoms with Gasteiger partial charge in [0, 0.05) is 27.8 Å². The van der Waals surface area contributed by atoms with E-state index in [0.29, 0.717) is 0 Å². The molecular weight excluding hydrogens is 713 g/mol. The molecule has 2 heteroatoms. The summed E-state index contributed by atoms with van der Waals surface area (Å²) in [6.45, 7) is 13.9. The SMILES string of the molecule is CC(C)(C)c1cc(-n2c3ccccc3c3c(N(c4ccccc4)c4ccc5c(c4)C4(c6ccccc6-c6ccccc64)c4ccccc4-5)cccc32)cc(C(C)(C)C)c1. The Balaban J connectivity index is 1.20. The van der Waals surface area contributed by atoms with Crippen LogP contribution in [0.4, 0.5) is 17.1 Å². The third-order valence-corrected chi connectivity index (χ3v) is 13.1. The van der Waals surface area contributed by atoms with Crippen LogP contribution >= 0.6 is 0 Å². The Morgan fingerprint density at radius 3 is 1.51 bits per heavy atom. The van der Waals surface area contributed by atoms with Gasteiger partial charge in [-0.1, -0.05) is 169 Å². The molecule has 0 saturated carbocycles. The molecule has 0 saturated heterocycles. The van der Waals surface area contributed by atoms with Crippen molar-refractivity contribution in [2.24, 2.45) is 0 Å². The van der Waals surface area contributed by atoms with Gasteiger partial charge in [0.25, 0.3) is 0 Å². The Morgan fingerprint density at radius 1 is 0.407 bits per heavy atom. The predicted molar refractivity (Wildman–Crippen MR) is 249 cm³/mol. The lowest BCUT2D eigenvalue weighted by molar-refractivity contribution is 0.568. The summed E-state index contributed by atoms with van der Waals surface area (Å²) in [7, 11) is 0. The van der Waals surface area contributed by atoms with E-state index in [1.165, 1.54) is 83.1 Å². The van der Waals surface area contributed by atoms with E-state index < -0.39 is 5.41 Å². The lowest BCUT2D eigenvalue weighted by Crippen LogP contribution is -2.26.